The average molecular weight is 735 g/mol. The van der Waals surface area contributed by atoms with Crippen LogP contribution in [0.5, 0.6) is 5.75 Å². The van der Waals surface area contributed by atoms with E-state index in [2.05, 4.69) is 15.6 Å². The molecule has 270 valence electrons. The van der Waals surface area contributed by atoms with Crippen LogP contribution >= 0.6 is 11.3 Å². The van der Waals surface area contributed by atoms with Crippen molar-refractivity contribution in [2.75, 3.05) is 12.4 Å². The number of thiazole rings is 1. The van der Waals surface area contributed by atoms with E-state index in [1.807, 2.05) is 115 Å². The molecule has 9 nitrogen and oxygen atoms in total. The monoisotopic (exact) mass is 734 g/mol. The van der Waals surface area contributed by atoms with Gasteiger partial charge in [0, 0.05) is 29.2 Å². The number of H-pyrrole nitrogens is 1. The molecule has 0 aliphatic heterocycles. The third-order valence-electron chi connectivity index (χ3n) is 8.98. The number of nitrogens with zero attached hydrogens (tertiary/aromatic N) is 1. The Labute approximate surface area is 317 Å². The van der Waals surface area contributed by atoms with Gasteiger partial charge in [0.05, 0.1) is 23.6 Å². The molecule has 5 aromatic carbocycles. The van der Waals surface area contributed by atoms with Gasteiger partial charge in [0.2, 0.25) is 5.91 Å². The highest BCUT2D eigenvalue weighted by atomic mass is 32.1. The van der Waals surface area contributed by atoms with Gasteiger partial charge in [0.15, 0.2) is 0 Å². The number of fused-ring (bicyclic) bond motifs is 1. The summed E-state index contributed by atoms with van der Waals surface area (Å²) in [6.07, 6.45) is 3.21. The molecule has 54 heavy (non-hydrogen) atoms. The largest absolute Gasteiger partial charge is 0.489 e. The zero-order chi connectivity index (χ0) is 37.3. The molecule has 3 N–H and O–H groups in total. The van der Waals surface area contributed by atoms with Crippen LogP contribution in [0.4, 0.5) is 5.69 Å². The smallest absolute Gasteiger partial charge is 0.337 e. The Morgan fingerprint density at radius 2 is 1.56 bits per heavy atom. The van der Waals surface area contributed by atoms with Gasteiger partial charge in [-0.3, -0.25) is 9.59 Å². The minimum Gasteiger partial charge on any atom is -0.489 e. The molecule has 7 rings (SSSR count). The lowest BCUT2D eigenvalue weighted by Gasteiger charge is -2.17. The molecule has 0 bridgehead atoms. The Balaban J connectivity index is 1.16. The van der Waals surface area contributed by atoms with Gasteiger partial charge in [-0.1, -0.05) is 97.1 Å². The first-order chi connectivity index (χ1) is 26.4. The number of anilines is 1. The average Bonchev–Trinajstić information content (AvgIpc) is 3.85. The number of para-hydroxylation sites is 1. The molecule has 0 aliphatic rings. The first kappa shape index (κ1) is 35.9. The molecule has 10 heteroatoms. The summed E-state index contributed by atoms with van der Waals surface area (Å²) in [5.74, 6) is -0.346. The number of aryl methyl sites for hydroxylation is 1. The zero-order valence-corrected chi connectivity index (χ0v) is 30.4. The van der Waals surface area contributed by atoms with Gasteiger partial charge in [0.1, 0.15) is 23.1 Å². The normalized spacial score (nSPS) is 11.5. The number of aromatic nitrogens is 2. The Morgan fingerprint density at radius 1 is 0.815 bits per heavy atom. The minimum absolute atomic E-state index is 0.129. The predicted octanol–water partition coefficient (Wildman–Crippen LogP) is 8.94. The summed E-state index contributed by atoms with van der Waals surface area (Å²) in [6, 6.07) is 41.4. The number of amides is 2. The van der Waals surface area contributed by atoms with Crippen LogP contribution in [0.25, 0.3) is 21.3 Å². The molecular formula is C44H38N4O5S. The highest BCUT2D eigenvalue weighted by Crippen LogP contribution is 2.35. The maximum Gasteiger partial charge on any atom is 0.337 e. The predicted molar refractivity (Wildman–Crippen MR) is 212 cm³/mol. The number of carbonyl (C=O) groups excluding carboxylic acids is 3. The van der Waals surface area contributed by atoms with Crippen molar-refractivity contribution in [2.24, 2.45) is 0 Å². The van der Waals surface area contributed by atoms with Crippen molar-refractivity contribution >= 4 is 45.7 Å². The second-order valence-electron chi connectivity index (χ2n) is 12.7. The molecule has 1 atom stereocenters. The lowest BCUT2D eigenvalue weighted by atomic mass is 10.0. The Kier molecular flexibility index (Phi) is 11.2. The SMILES string of the molecule is COC(=O)c1cccc(NC(=O)c2nc([C@H](Cc3ccc(OCc4ccccc4)cc3)NC(=O)CCc3c[nH]c4ccccc34)sc2-c2ccccc2)c1. The van der Waals surface area contributed by atoms with E-state index in [0.29, 0.717) is 40.6 Å². The number of rotatable bonds is 14. The number of esters is 1. The summed E-state index contributed by atoms with van der Waals surface area (Å²) in [5, 5.41) is 7.83. The molecule has 2 aromatic heterocycles. The Hall–Kier alpha value is -6.52. The fourth-order valence-corrected chi connectivity index (χ4v) is 7.33. The van der Waals surface area contributed by atoms with Gasteiger partial charge in [-0.2, -0.15) is 0 Å². The molecule has 0 unspecified atom stereocenters. The molecule has 0 fully saturated rings. The van der Waals surface area contributed by atoms with E-state index in [1.165, 1.54) is 18.4 Å². The molecular weight excluding hydrogens is 697 g/mol. The topological polar surface area (TPSA) is 122 Å². The van der Waals surface area contributed by atoms with Crippen LogP contribution in [0.15, 0.2) is 140 Å². The maximum absolute atomic E-state index is 13.9. The summed E-state index contributed by atoms with van der Waals surface area (Å²) < 4.78 is 10.9. The number of methoxy groups -OCH3 is 1. The molecule has 0 saturated heterocycles. The third kappa shape index (κ3) is 8.74. The van der Waals surface area contributed by atoms with Gasteiger partial charge in [0.25, 0.3) is 5.91 Å². The molecule has 0 aliphatic carbocycles. The fraction of sp³-hybridized carbons (Fsp3) is 0.136. The van der Waals surface area contributed by atoms with Crippen LogP contribution in [0, 0.1) is 0 Å². The zero-order valence-electron chi connectivity index (χ0n) is 29.6. The van der Waals surface area contributed by atoms with Gasteiger partial charge in [-0.15, -0.1) is 11.3 Å². The van der Waals surface area contributed by atoms with Gasteiger partial charge in [-0.25, -0.2) is 9.78 Å². The number of hydrogen-bond donors (Lipinski definition) is 3. The van der Waals surface area contributed by atoms with Crippen molar-refractivity contribution in [3.63, 3.8) is 0 Å². The van der Waals surface area contributed by atoms with E-state index in [-0.39, 0.29) is 18.0 Å². The first-order valence-electron chi connectivity index (χ1n) is 17.6. The second kappa shape index (κ2) is 16.9. The molecule has 2 heterocycles. The van der Waals surface area contributed by atoms with Crippen molar-refractivity contribution in [3.8, 4) is 16.2 Å². The van der Waals surface area contributed by atoms with E-state index in [1.54, 1.807) is 24.3 Å². The number of hydrogen-bond acceptors (Lipinski definition) is 7. The van der Waals surface area contributed by atoms with E-state index >= 15 is 0 Å². The number of ether oxygens (including phenoxy) is 2. The molecule has 7 aromatic rings. The number of benzene rings is 5. The van der Waals surface area contributed by atoms with E-state index < -0.39 is 17.9 Å². The molecule has 2 amide bonds. The quantitative estimate of drug-likeness (QED) is 0.0960. The molecule has 0 saturated carbocycles. The maximum atomic E-state index is 13.9. The second-order valence-corrected chi connectivity index (χ2v) is 13.8. The van der Waals surface area contributed by atoms with Crippen LogP contribution in [-0.2, 0) is 29.0 Å². The van der Waals surface area contributed by atoms with Crippen LogP contribution in [0.1, 0.15) is 55.0 Å². The number of nitrogens with one attached hydrogen (secondary N) is 3. The lowest BCUT2D eigenvalue weighted by molar-refractivity contribution is -0.121. The van der Waals surface area contributed by atoms with E-state index in [9.17, 15) is 14.4 Å². The fourth-order valence-electron chi connectivity index (χ4n) is 6.21. The van der Waals surface area contributed by atoms with Crippen molar-refractivity contribution < 1.29 is 23.9 Å². The Bertz CT molecular complexity index is 2370. The van der Waals surface area contributed by atoms with Gasteiger partial charge in [-0.05, 0) is 71.5 Å². The van der Waals surface area contributed by atoms with Crippen LogP contribution in [0.3, 0.4) is 0 Å². The third-order valence-corrected chi connectivity index (χ3v) is 10.2. The van der Waals surface area contributed by atoms with Crippen molar-refractivity contribution in [1.82, 2.24) is 15.3 Å². The molecule has 0 radical (unpaired) electrons. The highest BCUT2D eigenvalue weighted by molar-refractivity contribution is 7.15. The highest BCUT2D eigenvalue weighted by Gasteiger charge is 2.26. The van der Waals surface area contributed by atoms with Crippen molar-refractivity contribution in [2.45, 2.75) is 31.9 Å². The number of aromatic amines is 1. The summed E-state index contributed by atoms with van der Waals surface area (Å²) in [7, 11) is 1.31. The minimum atomic E-state index is -0.534. The van der Waals surface area contributed by atoms with Crippen LogP contribution in [0.2, 0.25) is 0 Å². The first-order valence-corrected chi connectivity index (χ1v) is 18.4. The standard InChI is InChI=1S/C44H38N4O5S/c1-52-44(51)32-15-10-16-34(26-32)46-42(50)40-41(31-13-6-3-7-14-31)54-43(48-40)38(47-39(49)24-21-33-27-45-37-18-9-8-17-36(33)37)25-29-19-22-35(23-20-29)53-28-30-11-4-2-5-12-30/h2-20,22-23,26-27,38,45H,21,24-25,28H2,1H3,(H,46,50)(H,47,49)/t38-/m0/s1. The van der Waals surface area contributed by atoms with Crippen molar-refractivity contribution in [3.05, 3.63) is 173 Å². The van der Waals surface area contributed by atoms with E-state index in [4.69, 9.17) is 14.5 Å². The van der Waals surface area contributed by atoms with Crippen LogP contribution < -0.4 is 15.4 Å². The Morgan fingerprint density at radius 3 is 2.33 bits per heavy atom. The van der Waals surface area contributed by atoms with Crippen LogP contribution in [-0.4, -0.2) is 34.9 Å². The summed E-state index contributed by atoms with van der Waals surface area (Å²) in [5.41, 5.74) is 5.90. The summed E-state index contributed by atoms with van der Waals surface area (Å²) in [6.45, 7) is 0.453. The lowest BCUT2D eigenvalue weighted by Crippen LogP contribution is -2.30. The molecule has 0 spiro atoms. The van der Waals surface area contributed by atoms with E-state index in [0.717, 1.165) is 38.9 Å². The van der Waals surface area contributed by atoms with Gasteiger partial charge >= 0.3 is 5.97 Å². The summed E-state index contributed by atoms with van der Waals surface area (Å²) >= 11 is 1.37. The van der Waals surface area contributed by atoms with Gasteiger partial charge < -0.3 is 25.1 Å². The number of carbonyl (C=O) groups is 3. The summed E-state index contributed by atoms with van der Waals surface area (Å²) in [4.78, 5) is 48.6. The van der Waals surface area contributed by atoms with Crippen molar-refractivity contribution in [1.29, 1.82) is 0 Å².